The molecule has 2 aromatic rings. The van der Waals surface area contributed by atoms with Crippen molar-refractivity contribution in [2.24, 2.45) is 5.10 Å². The van der Waals surface area contributed by atoms with Crippen molar-refractivity contribution in [1.82, 2.24) is 0 Å². The van der Waals surface area contributed by atoms with Crippen LogP contribution in [0.2, 0.25) is 0 Å². The Hall–Kier alpha value is -2.49. The van der Waals surface area contributed by atoms with Gasteiger partial charge in [-0.2, -0.15) is 5.10 Å². The van der Waals surface area contributed by atoms with Crippen molar-refractivity contribution in [3.05, 3.63) is 54.1 Å². The number of phenols is 1. The maximum absolute atomic E-state index is 9.60. The lowest BCUT2D eigenvalue weighted by atomic mass is 10.2. The van der Waals surface area contributed by atoms with E-state index in [1.165, 1.54) is 7.11 Å². The van der Waals surface area contributed by atoms with Crippen molar-refractivity contribution in [3.63, 3.8) is 0 Å². The van der Waals surface area contributed by atoms with Crippen LogP contribution in [-0.2, 0) is 0 Å². The second-order valence-corrected chi connectivity index (χ2v) is 3.67. The number of hydrogen-bond acceptors (Lipinski definition) is 4. The fourth-order valence-electron chi connectivity index (χ4n) is 1.48. The predicted molar refractivity (Wildman–Crippen MR) is 72.3 cm³/mol. The minimum absolute atomic E-state index is 0.0983. The third-order valence-electron chi connectivity index (χ3n) is 2.38. The molecule has 4 heteroatoms. The van der Waals surface area contributed by atoms with E-state index < -0.39 is 0 Å². The number of rotatable bonds is 4. The van der Waals surface area contributed by atoms with Gasteiger partial charge in [-0.3, -0.25) is 5.43 Å². The average molecular weight is 242 g/mol. The molecule has 0 aliphatic heterocycles. The lowest BCUT2D eigenvalue weighted by molar-refractivity contribution is 0.373. The van der Waals surface area contributed by atoms with E-state index in [0.29, 0.717) is 5.75 Å². The molecule has 0 aliphatic carbocycles. The van der Waals surface area contributed by atoms with Crippen molar-refractivity contribution in [3.8, 4) is 11.5 Å². The highest BCUT2D eigenvalue weighted by atomic mass is 16.5. The summed E-state index contributed by atoms with van der Waals surface area (Å²) in [6.07, 6.45) is 1.63. The number of ether oxygens (including phenoxy) is 1. The number of methoxy groups -OCH3 is 1. The van der Waals surface area contributed by atoms with Gasteiger partial charge < -0.3 is 9.84 Å². The molecule has 0 saturated heterocycles. The summed E-state index contributed by atoms with van der Waals surface area (Å²) < 4.78 is 4.96. The number of hydrazone groups is 1. The van der Waals surface area contributed by atoms with Gasteiger partial charge in [0.1, 0.15) is 0 Å². The molecule has 2 aromatic carbocycles. The number of para-hydroxylation sites is 1. The molecule has 18 heavy (non-hydrogen) atoms. The van der Waals surface area contributed by atoms with E-state index in [2.05, 4.69) is 10.5 Å². The van der Waals surface area contributed by atoms with E-state index in [-0.39, 0.29) is 5.75 Å². The summed E-state index contributed by atoms with van der Waals surface area (Å²) in [5, 5.41) is 13.7. The van der Waals surface area contributed by atoms with Gasteiger partial charge in [-0.1, -0.05) is 18.2 Å². The van der Waals surface area contributed by atoms with Crippen LogP contribution in [0.15, 0.2) is 53.6 Å². The number of nitrogens with zero attached hydrogens (tertiary/aromatic N) is 1. The topological polar surface area (TPSA) is 53.8 Å². The molecule has 0 saturated carbocycles. The Bertz CT molecular complexity index is 539. The smallest absolute Gasteiger partial charge is 0.160 e. The SMILES string of the molecule is COc1ccc(/C=N\Nc2ccccc2)cc1O. The molecule has 2 rings (SSSR count). The van der Waals surface area contributed by atoms with Crippen LogP contribution in [0, 0.1) is 0 Å². The standard InChI is InChI=1S/C14H14N2O2/c1-18-14-8-7-11(9-13(14)17)10-15-16-12-5-3-2-4-6-12/h2-10,16-17H,1H3/b15-10-. The van der Waals surface area contributed by atoms with Crippen molar-refractivity contribution in [2.45, 2.75) is 0 Å². The lowest BCUT2D eigenvalue weighted by Crippen LogP contribution is -1.91. The van der Waals surface area contributed by atoms with Crippen LogP contribution in [0.25, 0.3) is 0 Å². The largest absolute Gasteiger partial charge is 0.504 e. The molecular formula is C14H14N2O2. The highest BCUT2D eigenvalue weighted by Crippen LogP contribution is 2.25. The highest BCUT2D eigenvalue weighted by molar-refractivity contribution is 5.81. The van der Waals surface area contributed by atoms with Crippen molar-refractivity contribution in [1.29, 1.82) is 0 Å². The first-order valence-electron chi connectivity index (χ1n) is 5.51. The molecule has 0 aromatic heterocycles. The molecule has 0 unspecified atom stereocenters. The molecule has 0 amide bonds. The first-order chi connectivity index (χ1) is 8.79. The molecule has 0 atom stereocenters. The van der Waals surface area contributed by atoms with Gasteiger partial charge in [-0.05, 0) is 35.9 Å². The second kappa shape index (κ2) is 5.72. The summed E-state index contributed by atoms with van der Waals surface area (Å²) in [6.45, 7) is 0. The van der Waals surface area contributed by atoms with Gasteiger partial charge in [-0.25, -0.2) is 0 Å². The molecule has 0 heterocycles. The van der Waals surface area contributed by atoms with Gasteiger partial charge in [0.15, 0.2) is 11.5 Å². The van der Waals surface area contributed by atoms with Crippen molar-refractivity contribution >= 4 is 11.9 Å². The molecule has 0 fully saturated rings. The van der Waals surface area contributed by atoms with Crippen LogP contribution >= 0.6 is 0 Å². The van der Waals surface area contributed by atoms with Crippen molar-refractivity contribution < 1.29 is 9.84 Å². The monoisotopic (exact) mass is 242 g/mol. The van der Waals surface area contributed by atoms with Gasteiger partial charge in [-0.15, -0.1) is 0 Å². The number of phenolic OH excluding ortho intramolecular Hbond substituents is 1. The lowest BCUT2D eigenvalue weighted by Gasteiger charge is -2.03. The number of benzene rings is 2. The maximum atomic E-state index is 9.60. The summed E-state index contributed by atoms with van der Waals surface area (Å²) in [6, 6.07) is 14.7. The molecular weight excluding hydrogens is 228 g/mol. The number of hydrogen-bond donors (Lipinski definition) is 2. The Morgan fingerprint density at radius 3 is 2.61 bits per heavy atom. The highest BCUT2D eigenvalue weighted by Gasteiger charge is 2.00. The molecule has 2 N–H and O–H groups in total. The third kappa shape index (κ3) is 3.01. The number of nitrogens with one attached hydrogen (secondary N) is 1. The van der Waals surface area contributed by atoms with Gasteiger partial charge in [0, 0.05) is 0 Å². The van der Waals surface area contributed by atoms with Crippen LogP contribution in [0.1, 0.15) is 5.56 Å². The second-order valence-electron chi connectivity index (χ2n) is 3.67. The van der Waals surface area contributed by atoms with E-state index in [1.54, 1.807) is 18.3 Å². The summed E-state index contributed by atoms with van der Waals surface area (Å²) >= 11 is 0. The van der Waals surface area contributed by atoms with E-state index in [9.17, 15) is 5.11 Å². The van der Waals surface area contributed by atoms with Gasteiger partial charge in [0.2, 0.25) is 0 Å². The fraction of sp³-hybridized carbons (Fsp3) is 0.0714. The van der Waals surface area contributed by atoms with Gasteiger partial charge in [0.05, 0.1) is 19.0 Å². The summed E-state index contributed by atoms with van der Waals surface area (Å²) in [7, 11) is 1.51. The zero-order valence-corrected chi connectivity index (χ0v) is 10.00. The molecule has 4 nitrogen and oxygen atoms in total. The summed E-state index contributed by atoms with van der Waals surface area (Å²) in [5.41, 5.74) is 4.60. The van der Waals surface area contributed by atoms with Crippen LogP contribution in [0.3, 0.4) is 0 Å². The Kier molecular flexibility index (Phi) is 3.81. The number of anilines is 1. The number of aromatic hydroxyl groups is 1. The first-order valence-corrected chi connectivity index (χ1v) is 5.51. The minimum atomic E-state index is 0.0983. The Labute approximate surface area is 106 Å². The van der Waals surface area contributed by atoms with Gasteiger partial charge >= 0.3 is 0 Å². The Balaban J connectivity index is 2.03. The molecule has 92 valence electrons. The third-order valence-corrected chi connectivity index (χ3v) is 2.38. The fourth-order valence-corrected chi connectivity index (χ4v) is 1.48. The molecule has 0 aliphatic rings. The van der Waals surface area contributed by atoms with Crippen LogP contribution < -0.4 is 10.2 Å². The molecule has 0 spiro atoms. The van der Waals surface area contributed by atoms with Crippen molar-refractivity contribution in [2.75, 3.05) is 12.5 Å². The summed E-state index contributed by atoms with van der Waals surface area (Å²) in [4.78, 5) is 0. The van der Waals surface area contributed by atoms with E-state index in [1.807, 2.05) is 36.4 Å². The quantitative estimate of drug-likeness (QED) is 0.640. The molecule has 0 bridgehead atoms. The zero-order valence-electron chi connectivity index (χ0n) is 10.00. The summed E-state index contributed by atoms with van der Waals surface area (Å²) in [5.74, 6) is 0.546. The van der Waals surface area contributed by atoms with E-state index >= 15 is 0 Å². The Morgan fingerprint density at radius 2 is 1.94 bits per heavy atom. The van der Waals surface area contributed by atoms with E-state index in [0.717, 1.165) is 11.3 Å². The van der Waals surface area contributed by atoms with Crippen LogP contribution in [0.4, 0.5) is 5.69 Å². The Morgan fingerprint density at radius 1 is 1.17 bits per heavy atom. The average Bonchev–Trinajstić information content (AvgIpc) is 2.40. The van der Waals surface area contributed by atoms with Crippen LogP contribution in [0.5, 0.6) is 11.5 Å². The molecule has 0 radical (unpaired) electrons. The predicted octanol–water partition coefficient (Wildman–Crippen LogP) is 2.85. The van der Waals surface area contributed by atoms with Crippen LogP contribution in [-0.4, -0.2) is 18.4 Å². The maximum Gasteiger partial charge on any atom is 0.160 e. The normalized spacial score (nSPS) is 10.5. The van der Waals surface area contributed by atoms with Gasteiger partial charge in [0.25, 0.3) is 0 Å². The minimum Gasteiger partial charge on any atom is -0.504 e. The van der Waals surface area contributed by atoms with E-state index in [4.69, 9.17) is 4.74 Å². The zero-order chi connectivity index (χ0) is 12.8. The first kappa shape index (κ1) is 12.0.